The van der Waals surface area contributed by atoms with E-state index >= 15 is 4.79 Å². The van der Waals surface area contributed by atoms with Crippen molar-refractivity contribution in [2.75, 3.05) is 13.7 Å². The van der Waals surface area contributed by atoms with Crippen molar-refractivity contribution in [2.45, 2.75) is 88.9 Å². The molecule has 2 fully saturated rings. The minimum atomic E-state index is -2.13. The van der Waals surface area contributed by atoms with Crippen molar-refractivity contribution < 1.29 is 23.5 Å². The van der Waals surface area contributed by atoms with Gasteiger partial charge in [0.25, 0.3) is 5.91 Å². The molecule has 1 saturated heterocycles. The molecule has 2 aromatic carbocycles. The maximum Gasteiger partial charge on any atom is 0.339 e. The Morgan fingerprint density at radius 3 is 2.33 bits per heavy atom. The maximum absolute atomic E-state index is 15.1. The number of esters is 1. The fourth-order valence-electron chi connectivity index (χ4n) is 5.89. The Hall–Kier alpha value is -2.75. The van der Waals surface area contributed by atoms with Gasteiger partial charge in [-0.3, -0.25) is 9.78 Å². The zero-order valence-electron chi connectivity index (χ0n) is 27.7. The van der Waals surface area contributed by atoms with E-state index in [2.05, 4.69) is 38.8 Å². The molecule has 2 heterocycles. The third kappa shape index (κ3) is 7.36. The fourth-order valence-corrected chi connectivity index (χ4v) is 7.24. The molecule has 10 heteroatoms. The van der Waals surface area contributed by atoms with Gasteiger partial charge in [0.05, 0.1) is 31.4 Å². The number of hydrogen-bond acceptors (Lipinski definition) is 6. The van der Waals surface area contributed by atoms with Crippen LogP contribution < -0.4 is 0 Å². The van der Waals surface area contributed by atoms with E-state index in [1.807, 2.05) is 60.4 Å². The lowest BCUT2D eigenvalue weighted by Crippen LogP contribution is -2.62. The van der Waals surface area contributed by atoms with E-state index in [1.165, 1.54) is 13.3 Å². The summed E-state index contributed by atoms with van der Waals surface area (Å²) in [5, 5.41) is 1.22. The van der Waals surface area contributed by atoms with Gasteiger partial charge in [-0.15, -0.1) is 0 Å². The molecule has 1 saturated carbocycles. The highest BCUT2D eigenvalue weighted by Crippen LogP contribution is 2.51. The summed E-state index contributed by atoms with van der Waals surface area (Å²) in [4.78, 5) is 33.7. The minimum Gasteiger partial charge on any atom is -0.465 e. The topological polar surface area (TPSA) is 78.0 Å². The highest BCUT2D eigenvalue weighted by atomic mass is 35.5. The summed E-state index contributed by atoms with van der Waals surface area (Å²) in [6.45, 7) is 13.5. The second kappa shape index (κ2) is 13.4. The molecular formula is C36H44Cl2N2O5Si. The average Bonchev–Trinajstić information content (AvgIpc) is 3.85. The summed E-state index contributed by atoms with van der Waals surface area (Å²) >= 11 is 12.9. The van der Waals surface area contributed by atoms with Gasteiger partial charge in [0.1, 0.15) is 6.10 Å². The van der Waals surface area contributed by atoms with Gasteiger partial charge >= 0.3 is 5.97 Å². The number of pyridine rings is 1. The van der Waals surface area contributed by atoms with Crippen LogP contribution in [-0.2, 0) is 25.1 Å². The quantitative estimate of drug-likeness (QED) is 0.157. The van der Waals surface area contributed by atoms with Crippen LogP contribution in [0.3, 0.4) is 0 Å². The van der Waals surface area contributed by atoms with Gasteiger partial charge in [0.2, 0.25) is 0 Å². The molecule has 246 valence electrons. The van der Waals surface area contributed by atoms with Gasteiger partial charge < -0.3 is 18.8 Å². The molecule has 1 aliphatic heterocycles. The van der Waals surface area contributed by atoms with Crippen LogP contribution >= 0.6 is 23.2 Å². The van der Waals surface area contributed by atoms with Gasteiger partial charge in [0, 0.05) is 28.4 Å². The van der Waals surface area contributed by atoms with E-state index in [-0.39, 0.29) is 23.4 Å². The molecule has 3 aromatic rings. The Bertz CT molecular complexity index is 1560. The first-order chi connectivity index (χ1) is 21.6. The van der Waals surface area contributed by atoms with E-state index in [4.69, 9.17) is 37.1 Å². The van der Waals surface area contributed by atoms with E-state index in [0.29, 0.717) is 33.8 Å². The highest BCUT2D eigenvalue weighted by molar-refractivity contribution is 6.74. The standard InChI is InChI=1S/C36H44Cl2N2O5Si/c1-35(2,3)46(6,7)44-22-30(23-11-12-23)40-31(24-13-16-27(37)17-14-24)32(25-9-8-10-28(38)19-25)45-36(4,34(40)42)20-29-18-15-26(21-39-29)33(41)43-5/h8-10,13-19,21,23,30-32H,11-12,20,22H2,1-7H3/t30-,31?,32-,36+/m1/s1. The number of carbonyl (C=O) groups excluding carboxylic acids is 2. The fraction of sp³-hybridized carbons (Fsp3) is 0.472. The number of ether oxygens (including phenoxy) is 2. The lowest BCUT2D eigenvalue weighted by molar-refractivity contribution is -0.205. The Morgan fingerprint density at radius 2 is 1.76 bits per heavy atom. The zero-order chi connectivity index (χ0) is 33.4. The molecule has 1 unspecified atom stereocenters. The average molecular weight is 684 g/mol. The molecule has 0 spiro atoms. The van der Waals surface area contributed by atoms with Gasteiger partial charge in [-0.1, -0.05) is 68.2 Å². The molecule has 0 bridgehead atoms. The molecule has 5 rings (SSSR count). The van der Waals surface area contributed by atoms with Crippen LogP contribution in [0.15, 0.2) is 66.9 Å². The second-order valence-electron chi connectivity index (χ2n) is 14.2. The summed E-state index contributed by atoms with van der Waals surface area (Å²) < 4.78 is 18.7. The van der Waals surface area contributed by atoms with Gasteiger partial charge in [-0.2, -0.15) is 0 Å². The number of methoxy groups -OCH3 is 1. The molecule has 1 aliphatic carbocycles. The van der Waals surface area contributed by atoms with Crippen LogP contribution in [0.2, 0.25) is 28.2 Å². The van der Waals surface area contributed by atoms with Crippen molar-refractivity contribution >= 4 is 43.4 Å². The lowest BCUT2D eigenvalue weighted by Gasteiger charge is -2.52. The second-order valence-corrected chi connectivity index (χ2v) is 19.9. The van der Waals surface area contributed by atoms with E-state index in [9.17, 15) is 4.79 Å². The molecule has 2 aliphatic rings. The van der Waals surface area contributed by atoms with Crippen molar-refractivity contribution in [3.63, 3.8) is 0 Å². The Kier molecular flexibility index (Phi) is 10.1. The molecule has 0 N–H and O–H groups in total. The van der Waals surface area contributed by atoms with Gasteiger partial charge in [-0.25, -0.2) is 4.79 Å². The molecule has 4 atom stereocenters. The smallest absolute Gasteiger partial charge is 0.339 e. The third-order valence-corrected chi connectivity index (χ3v) is 14.7. The Balaban J connectivity index is 1.62. The number of rotatable bonds is 10. The summed E-state index contributed by atoms with van der Waals surface area (Å²) in [7, 11) is -0.803. The number of nitrogens with zero attached hydrogens (tertiary/aromatic N) is 2. The normalized spacial score (nSPS) is 22.9. The number of morpholine rings is 1. The molecule has 0 radical (unpaired) electrons. The first-order valence-electron chi connectivity index (χ1n) is 15.8. The Morgan fingerprint density at radius 1 is 1.07 bits per heavy atom. The monoisotopic (exact) mass is 682 g/mol. The molecular weight excluding hydrogens is 639 g/mol. The molecule has 1 aromatic heterocycles. The number of benzene rings is 2. The van der Waals surface area contributed by atoms with Crippen molar-refractivity contribution in [3.8, 4) is 0 Å². The maximum atomic E-state index is 15.1. The zero-order valence-corrected chi connectivity index (χ0v) is 30.2. The predicted molar refractivity (Wildman–Crippen MR) is 184 cm³/mol. The molecule has 46 heavy (non-hydrogen) atoms. The lowest BCUT2D eigenvalue weighted by atomic mass is 9.85. The van der Waals surface area contributed by atoms with Crippen LogP contribution in [0, 0.1) is 5.92 Å². The largest absolute Gasteiger partial charge is 0.465 e. The van der Waals surface area contributed by atoms with Crippen molar-refractivity contribution in [1.82, 2.24) is 9.88 Å². The van der Waals surface area contributed by atoms with Crippen molar-refractivity contribution in [3.05, 3.63) is 99.3 Å². The van der Waals surface area contributed by atoms with E-state index in [0.717, 1.165) is 24.0 Å². The van der Waals surface area contributed by atoms with Crippen LogP contribution in [0.5, 0.6) is 0 Å². The van der Waals surface area contributed by atoms with Crippen molar-refractivity contribution in [2.24, 2.45) is 5.92 Å². The number of carbonyl (C=O) groups is 2. The van der Waals surface area contributed by atoms with Crippen molar-refractivity contribution in [1.29, 1.82) is 0 Å². The first-order valence-corrected chi connectivity index (χ1v) is 19.5. The first kappa shape index (κ1) is 34.6. The Labute approximate surface area is 283 Å². The summed E-state index contributed by atoms with van der Waals surface area (Å²) in [6, 6.07) is 18.1. The van der Waals surface area contributed by atoms with Crippen LogP contribution in [0.1, 0.15) is 79.9 Å². The van der Waals surface area contributed by atoms with E-state index in [1.54, 1.807) is 12.1 Å². The van der Waals surface area contributed by atoms with E-state index < -0.39 is 32.0 Å². The number of amides is 1. The molecule has 1 amide bonds. The predicted octanol–water partition coefficient (Wildman–Crippen LogP) is 8.62. The van der Waals surface area contributed by atoms with Crippen LogP contribution in [0.25, 0.3) is 0 Å². The SMILES string of the molecule is COC(=O)c1ccc(C[C@]2(C)O[C@H](c3cccc(Cl)c3)C(c3ccc(Cl)cc3)N([C@H](CO[Si](C)(C)C(C)(C)C)C3CC3)C2=O)nc1. The van der Waals surface area contributed by atoms with Gasteiger partial charge in [0.15, 0.2) is 13.9 Å². The highest BCUT2D eigenvalue weighted by Gasteiger charge is 2.55. The van der Waals surface area contributed by atoms with Crippen LogP contribution in [-0.4, -0.2) is 55.4 Å². The number of halogens is 2. The summed E-state index contributed by atoms with van der Waals surface area (Å²) in [5.74, 6) is -0.286. The number of hydrogen-bond donors (Lipinski definition) is 0. The van der Waals surface area contributed by atoms with Crippen LogP contribution in [0.4, 0.5) is 0 Å². The number of aromatic nitrogens is 1. The summed E-state index contributed by atoms with van der Waals surface area (Å²) in [6.07, 6.45) is 3.18. The summed E-state index contributed by atoms with van der Waals surface area (Å²) in [5.41, 5.74) is 1.47. The minimum absolute atomic E-state index is 0.0194. The van der Waals surface area contributed by atoms with Gasteiger partial charge in [-0.05, 0) is 91.3 Å². The molecule has 7 nitrogen and oxygen atoms in total. The third-order valence-electron chi connectivity index (χ3n) is 9.76.